The third-order valence-corrected chi connectivity index (χ3v) is 3.02. The van der Waals surface area contributed by atoms with Gasteiger partial charge in [-0.05, 0) is 18.9 Å². The lowest BCUT2D eigenvalue weighted by Gasteiger charge is -2.17. The first-order valence-electron chi connectivity index (χ1n) is 6.89. The van der Waals surface area contributed by atoms with Gasteiger partial charge in [-0.2, -0.15) is 0 Å². The van der Waals surface area contributed by atoms with Gasteiger partial charge in [0.1, 0.15) is 0 Å². The number of unbranched alkanes of at least 4 members (excludes halogenated alkanes) is 1. The molecule has 1 aromatic rings. The van der Waals surface area contributed by atoms with Crippen molar-refractivity contribution in [2.24, 2.45) is 0 Å². The highest BCUT2D eigenvalue weighted by atomic mass is 16.3. The van der Waals surface area contributed by atoms with E-state index in [2.05, 4.69) is 17.6 Å². The zero-order valence-corrected chi connectivity index (χ0v) is 11.7. The summed E-state index contributed by atoms with van der Waals surface area (Å²) in [7, 11) is 0. The fourth-order valence-electron chi connectivity index (χ4n) is 1.72. The van der Waals surface area contributed by atoms with Crippen LogP contribution in [-0.2, 0) is 4.79 Å². The van der Waals surface area contributed by atoms with Crippen LogP contribution < -0.4 is 10.6 Å². The van der Waals surface area contributed by atoms with Gasteiger partial charge in [-0.3, -0.25) is 4.79 Å². The second-order valence-electron chi connectivity index (χ2n) is 4.70. The van der Waals surface area contributed by atoms with Crippen LogP contribution in [0.25, 0.3) is 0 Å². The summed E-state index contributed by atoms with van der Waals surface area (Å²) in [6, 6.07) is 9.14. The van der Waals surface area contributed by atoms with E-state index in [0.29, 0.717) is 13.1 Å². The third-order valence-electron chi connectivity index (χ3n) is 3.02. The second-order valence-corrected chi connectivity index (χ2v) is 4.70. The van der Waals surface area contributed by atoms with Gasteiger partial charge in [0, 0.05) is 13.1 Å². The predicted molar refractivity (Wildman–Crippen MR) is 76.8 cm³/mol. The van der Waals surface area contributed by atoms with Gasteiger partial charge in [0.05, 0.1) is 12.1 Å². The van der Waals surface area contributed by atoms with E-state index in [1.54, 1.807) is 6.92 Å². The average Bonchev–Trinajstić information content (AvgIpc) is 2.45. The molecule has 0 aliphatic carbocycles. The molecule has 106 valence electrons. The lowest BCUT2D eigenvalue weighted by atomic mass is 10.1. The van der Waals surface area contributed by atoms with Crippen molar-refractivity contribution in [2.45, 2.75) is 38.8 Å². The summed E-state index contributed by atoms with van der Waals surface area (Å²) < 4.78 is 0. The largest absolute Gasteiger partial charge is 0.387 e. The summed E-state index contributed by atoms with van der Waals surface area (Å²) in [5.74, 6) is -0.0197. The first-order valence-corrected chi connectivity index (χ1v) is 6.89. The number of benzene rings is 1. The Labute approximate surface area is 115 Å². The summed E-state index contributed by atoms with van der Waals surface area (Å²) in [5.41, 5.74) is 0.855. The number of carbonyl (C=O) groups excluding carboxylic acids is 1. The summed E-state index contributed by atoms with van der Waals surface area (Å²) in [4.78, 5) is 11.7. The molecule has 0 saturated carbocycles. The number of rotatable bonds is 8. The summed E-state index contributed by atoms with van der Waals surface area (Å²) in [6.07, 6.45) is 1.46. The number of aliphatic hydroxyl groups excluding tert-OH is 1. The fourth-order valence-corrected chi connectivity index (χ4v) is 1.72. The molecule has 0 heterocycles. The van der Waals surface area contributed by atoms with E-state index in [-0.39, 0.29) is 11.9 Å². The van der Waals surface area contributed by atoms with Crippen LogP contribution in [0.3, 0.4) is 0 Å². The Morgan fingerprint density at radius 1 is 1.32 bits per heavy atom. The predicted octanol–water partition coefficient (Wildman–Crippen LogP) is 1.61. The lowest BCUT2D eigenvalue weighted by Crippen LogP contribution is -2.43. The van der Waals surface area contributed by atoms with Gasteiger partial charge in [-0.1, -0.05) is 43.7 Å². The van der Waals surface area contributed by atoms with Crippen molar-refractivity contribution in [3.8, 4) is 0 Å². The molecule has 0 aromatic heterocycles. The molecule has 1 rings (SSSR count). The van der Waals surface area contributed by atoms with Crippen molar-refractivity contribution in [1.82, 2.24) is 10.6 Å². The molecular formula is C15H24N2O2. The Balaban J connectivity index is 2.29. The molecule has 19 heavy (non-hydrogen) atoms. The van der Waals surface area contributed by atoms with Gasteiger partial charge in [0.2, 0.25) is 5.91 Å². The van der Waals surface area contributed by atoms with Gasteiger partial charge in [0.15, 0.2) is 0 Å². The maximum absolute atomic E-state index is 11.7. The van der Waals surface area contributed by atoms with E-state index in [4.69, 9.17) is 0 Å². The highest BCUT2D eigenvalue weighted by Gasteiger charge is 2.14. The highest BCUT2D eigenvalue weighted by molar-refractivity contribution is 5.81. The molecule has 0 aliphatic heterocycles. The monoisotopic (exact) mass is 264 g/mol. The molecule has 0 radical (unpaired) electrons. The van der Waals surface area contributed by atoms with Crippen LogP contribution in [0.4, 0.5) is 0 Å². The SMILES string of the molecule is CCCCNC(=O)C(C)NCC(O)c1ccccc1. The smallest absolute Gasteiger partial charge is 0.236 e. The topological polar surface area (TPSA) is 61.4 Å². The van der Waals surface area contributed by atoms with Gasteiger partial charge < -0.3 is 15.7 Å². The number of hydrogen-bond donors (Lipinski definition) is 3. The van der Waals surface area contributed by atoms with Crippen molar-refractivity contribution in [3.63, 3.8) is 0 Å². The Morgan fingerprint density at radius 3 is 2.63 bits per heavy atom. The second kappa shape index (κ2) is 8.67. The van der Waals surface area contributed by atoms with E-state index < -0.39 is 6.10 Å². The zero-order chi connectivity index (χ0) is 14.1. The molecule has 4 nitrogen and oxygen atoms in total. The fraction of sp³-hybridized carbons (Fsp3) is 0.533. The third kappa shape index (κ3) is 5.85. The maximum atomic E-state index is 11.7. The molecule has 2 atom stereocenters. The summed E-state index contributed by atoms with van der Waals surface area (Å²) in [5, 5.41) is 15.9. The van der Waals surface area contributed by atoms with Gasteiger partial charge >= 0.3 is 0 Å². The zero-order valence-electron chi connectivity index (χ0n) is 11.7. The molecule has 0 spiro atoms. The van der Waals surface area contributed by atoms with Crippen molar-refractivity contribution < 1.29 is 9.90 Å². The van der Waals surface area contributed by atoms with Crippen molar-refractivity contribution in [2.75, 3.05) is 13.1 Å². The van der Waals surface area contributed by atoms with E-state index in [0.717, 1.165) is 18.4 Å². The molecule has 0 fully saturated rings. The first kappa shape index (κ1) is 15.7. The molecule has 4 heteroatoms. The molecule has 1 aromatic carbocycles. The first-order chi connectivity index (χ1) is 9.15. The Kier molecular flexibility index (Phi) is 7.15. The lowest BCUT2D eigenvalue weighted by molar-refractivity contribution is -0.122. The number of nitrogens with one attached hydrogen (secondary N) is 2. The number of amides is 1. The van der Waals surface area contributed by atoms with Crippen LogP contribution in [0.1, 0.15) is 38.4 Å². The van der Waals surface area contributed by atoms with Crippen molar-refractivity contribution in [1.29, 1.82) is 0 Å². The summed E-state index contributed by atoms with van der Waals surface area (Å²) >= 11 is 0. The summed E-state index contributed by atoms with van der Waals surface area (Å²) in [6.45, 7) is 4.97. The minimum Gasteiger partial charge on any atom is -0.387 e. The Bertz CT molecular complexity index is 368. The van der Waals surface area contributed by atoms with Gasteiger partial charge in [-0.15, -0.1) is 0 Å². The van der Waals surface area contributed by atoms with E-state index in [1.165, 1.54) is 0 Å². The van der Waals surface area contributed by atoms with Crippen LogP contribution in [-0.4, -0.2) is 30.1 Å². The average molecular weight is 264 g/mol. The van der Waals surface area contributed by atoms with Gasteiger partial charge in [0.25, 0.3) is 0 Å². The van der Waals surface area contributed by atoms with Crippen LogP contribution in [0.5, 0.6) is 0 Å². The quantitative estimate of drug-likeness (QED) is 0.625. The van der Waals surface area contributed by atoms with E-state index in [9.17, 15) is 9.90 Å². The number of carbonyl (C=O) groups is 1. The van der Waals surface area contributed by atoms with E-state index in [1.807, 2.05) is 30.3 Å². The molecule has 1 amide bonds. The maximum Gasteiger partial charge on any atom is 0.236 e. The molecule has 0 bridgehead atoms. The van der Waals surface area contributed by atoms with Crippen LogP contribution >= 0.6 is 0 Å². The van der Waals surface area contributed by atoms with Crippen LogP contribution in [0, 0.1) is 0 Å². The van der Waals surface area contributed by atoms with E-state index >= 15 is 0 Å². The van der Waals surface area contributed by atoms with Crippen LogP contribution in [0.2, 0.25) is 0 Å². The number of hydrogen-bond acceptors (Lipinski definition) is 3. The molecular weight excluding hydrogens is 240 g/mol. The highest BCUT2D eigenvalue weighted by Crippen LogP contribution is 2.10. The Hall–Kier alpha value is -1.39. The normalized spacial score (nSPS) is 13.8. The van der Waals surface area contributed by atoms with Crippen LogP contribution in [0.15, 0.2) is 30.3 Å². The molecule has 3 N–H and O–H groups in total. The Morgan fingerprint density at radius 2 is 2.00 bits per heavy atom. The van der Waals surface area contributed by atoms with Crippen molar-refractivity contribution in [3.05, 3.63) is 35.9 Å². The molecule has 2 unspecified atom stereocenters. The van der Waals surface area contributed by atoms with Crippen molar-refractivity contribution >= 4 is 5.91 Å². The minimum absolute atomic E-state index is 0.0197. The minimum atomic E-state index is -0.591. The van der Waals surface area contributed by atoms with Gasteiger partial charge in [-0.25, -0.2) is 0 Å². The standard InChI is InChI=1S/C15H24N2O2/c1-3-4-10-16-15(19)12(2)17-11-14(18)13-8-6-5-7-9-13/h5-9,12,14,17-18H,3-4,10-11H2,1-2H3,(H,16,19). The molecule has 0 saturated heterocycles. The molecule has 0 aliphatic rings. The number of aliphatic hydroxyl groups is 1.